The fraction of sp³-hybridized carbons (Fsp3) is 0.333. The van der Waals surface area contributed by atoms with Gasteiger partial charge in [0.1, 0.15) is 0 Å². The van der Waals surface area contributed by atoms with Crippen molar-refractivity contribution in [1.82, 2.24) is 0 Å². The molecule has 0 aromatic rings. The Kier molecular flexibility index (Phi) is 1.73. The Morgan fingerprint density at radius 3 is 2.00 bits per heavy atom. The van der Waals surface area contributed by atoms with Gasteiger partial charge < -0.3 is 5.11 Å². The van der Waals surface area contributed by atoms with E-state index in [1.165, 1.54) is 6.92 Å². The first-order chi connectivity index (χ1) is 2.64. The standard InChI is InChI=1S/C3H4O2S/c1-2(6)3(4)5/h1H3,(H,4,5). The zero-order chi connectivity index (χ0) is 5.15. The molecule has 0 saturated carbocycles. The Morgan fingerprint density at radius 2 is 2.00 bits per heavy atom. The van der Waals surface area contributed by atoms with Crippen LogP contribution in [0.2, 0.25) is 0 Å². The molecule has 6 heavy (non-hydrogen) atoms. The Hall–Kier alpha value is -0.440. The van der Waals surface area contributed by atoms with Gasteiger partial charge in [0.25, 0.3) is 0 Å². The van der Waals surface area contributed by atoms with Crippen molar-refractivity contribution >= 4 is 23.1 Å². The average Bonchev–Trinajstić information content (AvgIpc) is 1.36. The van der Waals surface area contributed by atoms with Crippen LogP contribution < -0.4 is 0 Å². The summed E-state index contributed by atoms with van der Waals surface area (Å²) in [5, 5.41) is 7.85. The lowest BCUT2D eigenvalue weighted by Gasteiger charge is -1.77. The first kappa shape index (κ1) is 5.56. The quantitative estimate of drug-likeness (QED) is 0.491. The monoisotopic (exact) mass is 104 g/mol. The first-order valence-corrected chi connectivity index (χ1v) is 1.79. The highest BCUT2D eigenvalue weighted by atomic mass is 32.1. The maximum absolute atomic E-state index is 9.56. The van der Waals surface area contributed by atoms with Gasteiger partial charge in [0, 0.05) is 0 Å². The predicted molar refractivity (Wildman–Crippen MR) is 25.9 cm³/mol. The smallest absolute Gasteiger partial charge is 0.342 e. The lowest BCUT2D eigenvalue weighted by molar-refractivity contribution is -0.129. The summed E-state index contributed by atoms with van der Waals surface area (Å²) >= 11 is 4.22. The van der Waals surface area contributed by atoms with Crippen molar-refractivity contribution in [3.63, 3.8) is 0 Å². The number of hydrogen-bond donors (Lipinski definition) is 1. The van der Waals surface area contributed by atoms with Crippen molar-refractivity contribution in [2.75, 3.05) is 0 Å². The minimum absolute atomic E-state index is 0.00926. The molecule has 3 heteroatoms. The number of aliphatic carboxylic acids is 1. The third kappa shape index (κ3) is 1.84. The minimum atomic E-state index is -1.01. The number of thiocarbonyl (C=S) groups is 1. The molecule has 0 spiro atoms. The van der Waals surface area contributed by atoms with Crippen LogP contribution in [-0.2, 0) is 4.79 Å². The molecule has 0 fully saturated rings. The van der Waals surface area contributed by atoms with E-state index in [9.17, 15) is 4.79 Å². The van der Waals surface area contributed by atoms with E-state index < -0.39 is 5.97 Å². The second-order valence-corrected chi connectivity index (χ2v) is 1.47. The van der Waals surface area contributed by atoms with Gasteiger partial charge in [-0.05, 0) is 6.92 Å². The Labute approximate surface area is 40.8 Å². The molecule has 0 aliphatic carbocycles. The van der Waals surface area contributed by atoms with Crippen molar-refractivity contribution in [2.24, 2.45) is 0 Å². The molecule has 0 rings (SSSR count). The number of carboxylic acid groups (broad SMARTS) is 1. The van der Waals surface area contributed by atoms with Gasteiger partial charge in [0.15, 0.2) is 0 Å². The van der Waals surface area contributed by atoms with Crippen LogP contribution in [0, 0.1) is 0 Å². The number of carbonyl (C=O) groups is 1. The minimum Gasteiger partial charge on any atom is -0.477 e. The Bertz CT molecular complexity index is 74.8. The number of hydrogen-bond acceptors (Lipinski definition) is 2. The van der Waals surface area contributed by atoms with Crippen LogP contribution in [0.3, 0.4) is 0 Å². The lowest BCUT2D eigenvalue weighted by atomic mass is 10.5. The van der Waals surface area contributed by atoms with Crippen LogP contribution in [0.1, 0.15) is 6.92 Å². The van der Waals surface area contributed by atoms with E-state index >= 15 is 0 Å². The van der Waals surface area contributed by atoms with Crippen molar-refractivity contribution in [3.05, 3.63) is 0 Å². The normalized spacial score (nSPS) is 7.50. The van der Waals surface area contributed by atoms with Crippen LogP contribution in [0.15, 0.2) is 0 Å². The molecule has 0 bridgehead atoms. The zero-order valence-electron chi connectivity index (χ0n) is 3.26. The second kappa shape index (κ2) is 1.87. The molecule has 0 unspecified atom stereocenters. The van der Waals surface area contributed by atoms with E-state index in [0.29, 0.717) is 0 Å². The van der Waals surface area contributed by atoms with Crippen molar-refractivity contribution in [3.8, 4) is 0 Å². The van der Waals surface area contributed by atoms with E-state index in [1.54, 1.807) is 0 Å². The third-order valence-corrected chi connectivity index (χ3v) is 0.476. The third-order valence-electron chi connectivity index (χ3n) is 0.301. The van der Waals surface area contributed by atoms with E-state index in [2.05, 4.69) is 12.2 Å². The molecule has 1 N–H and O–H groups in total. The summed E-state index contributed by atoms with van der Waals surface area (Å²) < 4.78 is 0. The molecule has 0 atom stereocenters. The van der Waals surface area contributed by atoms with Crippen LogP contribution in [0.4, 0.5) is 0 Å². The summed E-state index contributed by atoms with van der Waals surface area (Å²) in [6, 6.07) is 0. The van der Waals surface area contributed by atoms with Crippen molar-refractivity contribution < 1.29 is 9.90 Å². The highest BCUT2D eigenvalue weighted by molar-refractivity contribution is 7.82. The van der Waals surface area contributed by atoms with E-state index in [4.69, 9.17) is 5.11 Å². The first-order valence-electron chi connectivity index (χ1n) is 1.38. The van der Waals surface area contributed by atoms with Gasteiger partial charge in [-0.25, -0.2) is 4.79 Å². The van der Waals surface area contributed by atoms with Crippen molar-refractivity contribution in [2.45, 2.75) is 6.92 Å². The molecule has 34 valence electrons. The Balaban J connectivity index is 3.57. The van der Waals surface area contributed by atoms with Gasteiger partial charge >= 0.3 is 5.97 Å². The second-order valence-electron chi connectivity index (χ2n) is 0.861. The Morgan fingerprint density at radius 1 is 1.83 bits per heavy atom. The van der Waals surface area contributed by atoms with Crippen LogP contribution >= 0.6 is 12.2 Å². The van der Waals surface area contributed by atoms with Crippen LogP contribution in [0.5, 0.6) is 0 Å². The molecule has 0 heterocycles. The predicted octanol–water partition coefficient (Wildman–Crippen LogP) is 0.461. The van der Waals surface area contributed by atoms with Gasteiger partial charge in [-0.15, -0.1) is 0 Å². The molecule has 2 nitrogen and oxygen atoms in total. The van der Waals surface area contributed by atoms with Crippen molar-refractivity contribution in [1.29, 1.82) is 0 Å². The molecule has 0 amide bonds. The largest absolute Gasteiger partial charge is 0.477 e. The van der Waals surface area contributed by atoms with Gasteiger partial charge in [-0.1, -0.05) is 12.2 Å². The molecular weight excluding hydrogens is 100 g/mol. The van der Waals surface area contributed by atoms with Crippen LogP contribution in [-0.4, -0.2) is 15.9 Å². The number of rotatable bonds is 1. The topological polar surface area (TPSA) is 37.3 Å². The average molecular weight is 104 g/mol. The highest BCUT2D eigenvalue weighted by Crippen LogP contribution is 1.69. The summed E-state index contributed by atoms with van der Waals surface area (Å²) in [6.07, 6.45) is 0. The van der Waals surface area contributed by atoms with Gasteiger partial charge in [0.2, 0.25) is 0 Å². The van der Waals surface area contributed by atoms with Crippen LogP contribution in [0.25, 0.3) is 0 Å². The lowest BCUT2D eigenvalue weighted by Crippen LogP contribution is -2.03. The summed E-state index contributed by atoms with van der Waals surface area (Å²) in [4.78, 5) is 9.57. The fourth-order valence-corrected chi connectivity index (χ4v) is 0. The SMILES string of the molecule is CC(=S)C(=O)O. The van der Waals surface area contributed by atoms with Gasteiger partial charge in [0.05, 0.1) is 4.86 Å². The van der Waals surface area contributed by atoms with E-state index in [-0.39, 0.29) is 4.86 Å². The summed E-state index contributed by atoms with van der Waals surface area (Å²) in [5.74, 6) is -1.01. The molecule has 0 aliphatic rings. The molecule has 0 saturated heterocycles. The fourth-order valence-electron chi connectivity index (χ4n) is 0. The zero-order valence-corrected chi connectivity index (χ0v) is 4.08. The molecule has 0 aromatic carbocycles. The van der Waals surface area contributed by atoms with E-state index in [0.717, 1.165) is 0 Å². The molecule has 0 aliphatic heterocycles. The number of carboxylic acids is 1. The van der Waals surface area contributed by atoms with Gasteiger partial charge in [-0.3, -0.25) is 0 Å². The summed E-state index contributed by atoms with van der Waals surface area (Å²) in [7, 11) is 0. The highest BCUT2D eigenvalue weighted by Gasteiger charge is 1.93. The maximum Gasteiger partial charge on any atom is 0.342 e. The van der Waals surface area contributed by atoms with E-state index in [1.807, 2.05) is 0 Å². The molecular formula is C3H4O2S. The molecule has 0 radical (unpaired) electrons. The summed E-state index contributed by atoms with van der Waals surface area (Å²) in [6.45, 7) is 1.37. The summed E-state index contributed by atoms with van der Waals surface area (Å²) in [5.41, 5.74) is 0. The maximum atomic E-state index is 9.56. The van der Waals surface area contributed by atoms with Gasteiger partial charge in [-0.2, -0.15) is 0 Å². The molecule has 0 aromatic heterocycles.